The minimum absolute atomic E-state index is 0.120. The molecule has 8 heteroatoms. The summed E-state index contributed by atoms with van der Waals surface area (Å²) >= 11 is 10.6. The van der Waals surface area contributed by atoms with E-state index in [2.05, 4.69) is 14.7 Å². The van der Waals surface area contributed by atoms with Crippen LogP contribution in [-0.4, -0.2) is 21.0 Å². The third kappa shape index (κ3) is 2.55. The molecule has 2 aromatic rings. The number of aromatic amines is 2. The van der Waals surface area contributed by atoms with E-state index in [4.69, 9.17) is 23.2 Å². The van der Waals surface area contributed by atoms with Gasteiger partial charge in [0.15, 0.2) is 0 Å². The van der Waals surface area contributed by atoms with E-state index in [-0.39, 0.29) is 16.5 Å². The van der Waals surface area contributed by atoms with Crippen LogP contribution in [0.15, 0.2) is 27.8 Å². The van der Waals surface area contributed by atoms with E-state index < -0.39 is 22.2 Å². The summed E-state index contributed by atoms with van der Waals surface area (Å²) in [6.07, 6.45) is 0. The number of hydrogen-bond donors (Lipinski definition) is 2. The maximum atomic E-state index is 11.5. The molecule has 6 nitrogen and oxygen atoms in total. The number of benzene rings is 1. The number of aromatic nitrogens is 2. The molecule has 0 bridgehead atoms. The highest BCUT2D eigenvalue weighted by Gasteiger charge is 2.12. The quantitative estimate of drug-likeness (QED) is 0.640. The van der Waals surface area contributed by atoms with Gasteiger partial charge in [-0.2, -0.15) is 0 Å². The van der Waals surface area contributed by atoms with Crippen molar-refractivity contribution in [2.75, 3.05) is 0 Å². The monoisotopic (exact) mass is 288 g/mol. The number of ether oxygens (including phenoxy) is 1. The van der Waals surface area contributed by atoms with Crippen molar-refractivity contribution in [3.63, 3.8) is 0 Å². The van der Waals surface area contributed by atoms with Crippen LogP contribution >= 0.6 is 23.2 Å². The number of fused-ring (bicyclic) bond motifs is 1. The maximum Gasteiger partial charge on any atom is 0.340 e. The van der Waals surface area contributed by atoms with E-state index in [0.717, 1.165) is 0 Å². The van der Waals surface area contributed by atoms with Crippen LogP contribution in [0, 0.1) is 0 Å². The van der Waals surface area contributed by atoms with Crippen LogP contribution < -0.4 is 11.2 Å². The van der Waals surface area contributed by atoms with Crippen molar-refractivity contribution >= 4 is 40.1 Å². The molecule has 0 radical (unpaired) electrons. The van der Waals surface area contributed by atoms with Gasteiger partial charge in [0.05, 0.1) is 16.5 Å². The van der Waals surface area contributed by atoms with Crippen LogP contribution in [0.25, 0.3) is 10.9 Å². The number of rotatable bonds is 2. The first-order valence-electron chi connectivity index (χ1n) is 4.73. The summed E-state index contributed by atoms with van der Waals surface area (Å²) in [4.78, 5) is 38.5. The molecule has 1 aromatic heterocycles. The van der Waals surface area contributed by atoms with Crippen molar-refractivity contribution in [3.8, 4) is 0 Å². The Morgan fingerprint density at radius 2 is 1.94 bits per heavy atom. The van der Waals surface area contributed by atoms with Crippen molar-refractivity contribution in [1.82, 2.24) is 9.97 Å². The van der Waals surface area contributed by atoms with E-state index in [1.807, 2.05) is 0 Å². The lowest BCUT2D eigenvalue weighted by atomic mass is 10.1. The second-order valence-corrected chi connectivity index (χ2v) is 4.35. The van der Waals surface area contributed by atoms with Crippen molar-refractivity contribution in [1.29, 1.82) is 0 Å². The van der Waals surface area contributed by atoms with Gasteiger partial charge in [0.2, 0.25) is 0 Å². The van der Waals surface area contributed by atoms with E-state index in [1.165, 1.54) is 18.2 Å². The van der Waals surface area contributed by atoms with Crippen molar-refractivity contribution in [3.05, 3.63) is 44.6 Å². The molecular weight excluding hydrogens is 283 g/mol. The van der Waals surface area contributed by atoms with Crippen LogP contribution in [0.2, 0.25) is 0 Å². The molecule has 0 spiro atoms. The first-order valence-corrected chi connectivity index (χ1v) is 5.60. The van der Waals surface area contributed by atoms with E-state index in [9.17, 15) is 14.4 Å². The van der Waals surface area contributed by atoms with Crippen LogP contribution in [0.1, 0.15) is 10.4 Å². The molecule has 2 N–H and O–H groups in total. The van der Waals surface area contributed by atoms with Crippen LogP contribution in [-0.2, 0) is 4.74 Å². The van der Waals surface area contributed by atoms with E-state index in [0.29, 0.717) is 0 Å². The number of hydrogen-bond acceptors (Lipinski definition) is 4. The van der Waals surface area contributed by atoms with Crippen molar-refractivity contribution in [2.24, 2.45) is 0 Å². The molecule has 0 aliphatic heterocycles. The van der Waals surface area contributed by atoms with Gasteiger partial charge in [-0.1, -0.05) is 23.2 Å². The van der Waals surface area contributed by atoms with Crippen LogP contribution in [0.5, 0.6) is 0 Å². The Hall–Kier alpha value is -1.79. The zero-order valence-electron chi connectivity index (χ0n) is 8.70. The molecule has 1 heterocycles. The Bertz CT molecular complexity index is 720. The Balaban J connectivity index is 2.54. The molecule has 0 saturated carbocycles. The maximum absolute atomic E-state index is 11.5. The van der Waals surface area contributed by atoms with E-state index >= 15 is 0 Å². The summed E-state index contributed by atoms with van der Waals surface area (Å²) in [6, 6.07) is 4.07. The van der Waals surface area contributed by atoms with Gasteiger partial charge >= 0.3 is 11.7 Å². The topological polar surface area (TPSA) is 92.0 Å². The highest BCUT2D eigenvalue weighted by Crippen LogP contribution is 2.13. The molecule has 0 aliphatic carbocycles. The molecule has 18 heavy (non-hydrogen) atoms. The number of halogens is 2. The molecule has 94 valence electrons. The summed E-state index contributed by atoms with van der Waals surface area (Å²) < 4.78 is 4.56. The molecule has 0 amide bonds. The van der Waals surface area contributed by atoms with Gasteiger partial charge < -0.3 is 9.72 Å². The molecule has 2 rings (SSSR count). The predicted molar refractivity (Wildman–Crippen MR) is 66.1 cm³/mol. The van der Waals surface area contributed by atoms with Crippen LogP contribution in [0.3, 0.4) is 0 Å². The standard InChI is InChI=1S/C10H6Cl2N2O4/c11-9(12)18-8(16)4-1-2-5-6(3-4)13-10(17)14-7(5)15/h1-3,9H,(H2,13,14,15,17). The van der Waals surface area contributed by atoms with Gasteiger partial charge in [-0.3, -0.25) is 9.78 Å². The SMILES string of the molecule is O=C(OC(Cl)Cl)c1ccc2c(=O)[nH]c(=O)[nH]c2c1. The fourth-order valence-electron chi connectivity index (χ4n) is 1.45. The largest absolute Gasteiger partial charge is 0.428 e. The first-order chi connectivity index (χ1) is 8.47. The normalized spacial score (nSPS) is 10.8. The fraction of sp³-hybridized carbons (Fsp3) is 0.100. The fourth-order valence-corrected chi connectivity index (χ4v) is 1.61. The second kappa shape index (κ2) is 4.83. The highest BCUT2D eigenvalue weighted by molar-refractivity contribution is 6.43. The van der Waals surface area contributed by atoms with Gasteiger partial charge in [0.1, 0.15) is 0 Å². The zero-order chi connectivity index (χ0) is 13.3. The predicted octanol–water partition coefficient (Wildman–Crippen LogP) is 1.13. The number of carbonyl (C=O) groups excluding carboxylic acids is 1. The molecule has 0 saturated heterocycles. The van der Waals surface area contributed by atoms with Gasteiger partial charge in [-0.15, -0.1) is 0 Å². The minimum atomic E-state index is -1.29. The highest BCUT2D eigenvalue weighted by atomic mass is 35.5. The van der Waals surface area contributed by atoms with Gasteiger partial charge in [0.25, 0.3) is 10.6 Å². The molecule has 0 unspecified atom stereocenters. The lowest BCUT2D eigenvalue weighted by molar-refractivity contribution is 0.0536. The third-order valence-electron chi connectivity index (χ3n) is 2.17. The Morgan fingerprint density at radius 3 is 2.61 bits per heavy atom. The lowest BCUT2D eigenvalue weighted by Gasteiger charge is -2.05. The van der Waals surface area contributed by atoms with Gasteiger partial charge in [-0.25, -0.2) is 9.59 Å². The van der Waals surface area contributed by atoms with Crippen LogP contribution in [0.4, 0.5) is 0 Å². The summed E-state index contributed by atoms with van der Waals surface area (Å²) in [5, 5.41) is -1.04. The van der Waals surface area contributed by atoms with Gasteiger partial charge in [0, 0.05) is 0 Å². The third-order valence-corrected chi connectivity index (χ3v) is 2.35. The number of alkyl halides is 2. The Morgan fingerprint density at radius 1 is 1.22 bits per heavy atom. The smallest absolute Gasteiger partial charge is 0.340 e. The average Bonchev–Trinajstić information content (AvgIpc) is 2.26. The summed E-state index contributed by atoms with van der Waals surface area (Å²) in [7, 11) is 0. The lowest BCUT2D eigenvalue weighted by Crippen LogP contribution is -2.22. The molecule has 0 fully saturated rings. The van der Waals surface area contributed by atoms with E-state index in [1.54, 1.807) is 0 Å². The zero-order valence-corrected chi connectivity index (χ0v) is 10.2. The number of carbonyl (C=O) groups is 1. The number of H-pyrrole nitrogens is 2. The Kier molecular flexibility index (Phi) is 3.40. The number of nitrogens with one attached hydrogen (secondary N) is 2. The minimum Gasteiger partial charge on any atom is -0.428 e. The Labute approximate surface area is 109 Å². The molecule has 0 aliphatic rings. The summed E-state index contributed by atoms with van der Waals surface area (Å²) in [6.45, 7) is 0. The number of esters is 1. The summed E-state index contributed by atoms with van der Waals surface area (Å²) in [5.74, 6) is -0.756. The summed E-state index contributed by atoms with van der Waals surface area (Å²) in [5.41, 5.74) is -0.860. The molecule has 1 aromatic carbocycles. The molecule has 0 atom stereocenters. The van der Waals surface area contributed by atoms with Crippen molar-refractivity contribution < 1.29 is 9.53 Å². The first kappa shape index (κ1) is 12.7. The van der Waals surface area contributed by atoms with Crippen molar-refractivity contribution in [2.45, 2.75) is 5.02 Å². The van der Waals surface area contributed by atoms with Gasteiger partial charge in [-0.05, 0) is 18.2 Å². The second-order valence-electron chi connectivity index (χ2n) is 3.33. The average molecular weight is 289 g/mol. The molecular formula is C10H6Cl2N2O4.